The highest BCUT2D eigenvalue weighted by Gasteiger charge is 2.13. The van der Waals surface area contributed by atoms with Crippen LogP contribution in [0, 0.1) is 11.6 Å². The Bertz CT molecular complexity index is 528. The molecular formula is C12H13F2N3O. The number of aromatic nitrogens is 2. The van der Waals surface area contributed by atoms with Gasteiger partial charge in [0.1, 0.15) is 11.6 Å². The number of hydrogen-bond donors (Lipinski definition) is 1. The molecule has 0 spiro atoms. The van der Waals surface area contributed by atoms with Gasteiger partial charge in [-0.25, -0.2) is 8.78 Å². The molecule has 18 heavy (non-hydrogen) atoms. The predicted octanol–water partition coefficient (Wildman–Crippen LogP) is 2.17. The Morgan fingerprint density at radius 1 is 1.28 bits per heavy atom. The molecule has 0 aliphatic heterocycles. The smallest absolute Gasteiger partial charge is 0.250 e. The van der Waals surface area contributed by atoms with E-state index in [0.717, 1.165) is 24.7 Å². The largest absolute Gasteiger partial charge is 0.421 e. The molecule has 1 heterocycles. The summed E-state index contributed by atoms with van der Waals surface area (Å²) < 4.78 is 31.8. The summed E-state index contributed by atoms with van der Waals surface area (Å²) in [7, 11) is 0. The van der Waals surface area contributed by atoms with Gasteiger partial charge in [0.2, 0.25) is 5.89 Å². The van der Waals surface area contributed by atoms with Crippen molar-refractivity contribution in [2.24, 2.45) is 0 Å². The molecule has 0 aliphatic carbocycles. The minimum atomic E-state index is -0.585. The predicted molar refractivity (Wildman–Crippen MR) is 61.9 cm³/mol. The van der Waals surface area contributed by atoms with Gasteiger partial charge in [0.15, 0.2) is 0 Å². The Hall–Kier alpha value is -1.82. The van der Waals surface area contributed by atoms with Crippen molar-refractivity contribution in [1.82, 2.24) is 15.5 Å². The van der Waals surface area contributed by atoms with Crippen LogP contribution in [0.4, 0.5) is 8.78 Å². The summed E-state index contributed by atoms with van der Waals surface area (Å²) >= 11 is 0. The van der Waals surface area contributed by atoms with Gasteiger partial charge in [-0.1, -0.05) is 6.92 Å². The first-order valence-electron chi connectivity index (χ1n) is 5.69. The lowest BCUT2D eigenvalue weighted by Crippen LogP contribution is -2.16. The Morgan fingerprint density at radius 3 is 2.89 bits per heavy atom. The van der Waals surface area contributed by atoms with Crippen molar-refractivity contribution in [2.75, 3.05) is 13.1 Å². The van der Waals surface area contributed by atoms with Crippen molar-refractivity contribution >= 4 is 0 Å². The number of hydrogen-bond acceptors (Lipinski definition) is 4. The second-order valence-corrected chi connectivity index (χ2v) is 3.73. The molecule has 1 aromatic carbocycles. The van der Waals surface area contributed by atoms with Crippen LogP contribution >= 0.6 is 0 Å². The van der Waals surface area contributed by atoms with E-state index in [1.165, 1.54) is 0 Å². The lowest BCUT2D eigenvalue weighted by molar-refractivity contribution is 0.492. The topological polar surface area (TPSA) is 51.0 Å². The molecule has 0 atom stereocenters. The van der Waals surface area contributed by atoms with Gasteiger partial charge >= 0.3 is 0 Å². The minimum absolute atomic E-state index is 0.00139. The zero-order valence-electron chi connectivity index (χ0n) is 9.91. The summed E-state index contributed by atoms with van der Waals surface area (Å²) in [5.74, 6) is -0.731. The number of benzene rings is 1. The van der Waals surface area contributed by atoms with Crippen LogP contribution in [-0.4, -0.2) is 23.3 Å². The third-order valence-electron chi connectivity index (χ3n) is 2.39. The molecule has 1 N–H and O–H groups in total. The summed E-state index contributed by atoms with van der Waals surface area (Å²) in [6.07, 6.45) is 0.553. The number of nitrogens with one attached hydrogen (secondary N) is 1. The van der Waals surface area contributed by atoms with E-state index in [9.17, 15) is 8.78 Å². The van der Waals surface area contributed by atoms with E-state index in [4.69, 9.17) is 4.42 Å². The fourth-order valence-electron chi connectivity index (χ4n) is 1.50. The third-order valence-corrected chi connectivity index (χ3v) is 2.39. The average Bonchev–Trinajstić information content (AvgIpc) is 2.81. The van der Waals surface area contributed by atoms with Crippen molar-refractivity contribution in [1.29, 1.82) is 0 Å². The van der Waals surface area contributed by atoms with Crippen molar-refractivity contribution in [3.05, 3.63) is 35.7 Å². The lowest BCUT2D eigenvalue weighted by atomic mass is 10.2. The van der Waals surface area contributed by atoms with Crippen LogP contribution in [0.15, 0.2) is 22.6 Å². The Kier molecular flexibility index (Phi) is 3.99. The second-order valence-electron chi connectivity index (χ2n) is 3.73. The summed E-state index contributed by atoms with van der Waals surface area (Å²) in [5, 5.41) is 10.6. The van der Waals surface area contributed by atoms with E-state index in [0.29, 0.717) is 18.9 Å². The molecule has 0 fully saturated rings. The minimum Gasteiger partial charge on any atom is -0.421 e. The van der Waals surface area contributed by atoms with E-state index >= 15 is 0 Å². The van der Waals surface area contributed by atoms with Crippen LogP contribution in [0.2, 0.25) is 0 Å². The summed E-state index contributed by atoms with van der Waals surface area (Å²) in [5.41, 5.74) is -0.0165. The molecule has 0 amide bonds. The van der Waals surface area contributed by atoms with Gasteiger partial charge in [-0.05, 0) is 24.7 Å². The number of nitrogens with zero attached hydrogens (tertiary/aromatic N) is 2. The van der Waals surface area contributed by atoms with Gasteiger partial charge in [-0.2, -0.15) is 0 Å². The van der Waals surface area contributed by atoms with Gasteiger partial charge in [-0.3, -0.25) is 0 Å². The van der Waals surface area contributed by atoms with Crippen molar-refractivity contribution < 1.29 is 13.2 Å². The Balaban J connectivity index is 2.16. The summed E-state index contributed by atoms with van der Waals surface area (Å²) in [6, 6.07) is 3.12. The monoisotopic (exact) mass is 253 g/mol. The molecule has 0 radical (unpaired) electrons. The molecule has 6 heteroatoms. The first-order valence-corrected chi connectivity index (χ1v) is 5.69. The molecule has 2 aromatic rings. The third kappa shape index (κ3) is 2.89. The van der Waals surface area contributed by atoms with Crippen molar-refractivity contribution in [3.63, 3.8) is 0 Å². The zero-order valence-corrected chi connectivity index (χ0v) is 9.91. The van der Waals surface area contributed by atoms with Gasteiger partial charge < -0.3 is 9.73 Å². The van der Waals surface area contributed by atoms with Crippen LogP contribution in [0.1, 0.15) is 12.8 Å². The first kappa shape index (κ1) is 12.6. The number of rotatable bonds is 5. The van der Waals surface area contributed by atoms with Crippen LogP contribution < -0.4 is 5.32 Å². The van der Waals surface area contributed by atoms with Gasteiger partial charge in [0, 0.05) is 13.0 Å². The van der Waals surface area contributed by atoms with Crippen LogP contribution in [0.3, 0.4) is 0 Å². The molecule has 0 saturated carbocycles. The van der Waals surface area contributed by atoms with Crippen LogP contribution in [0.5, 0.6) is 0 Å². The first-order chi connectivity index (χ1) is 8.70. The molecule has 2 rings (SSSR count). The Labute approximate surface area is 103 Å². The zero-order chi connectivity index (χ0) is 13.0. The Morgan fingerprint density at radius 2 is 2.11 bits per heavy atom. The molecule has 96 valence electrons. The molecule has 0 unspecified atom stereocenters. The van der Waals surface area contributed by atoms with Crippen LogP contribution in [-0.2, 0) is 6.42 Å². The fraction of sp³-hybridized carbons (Fsp3) is 0.333. The molecular weight excluding hydrogens is 240 g/mol. The molecule has 1 aromatic heterocycles. The highest BCUT2D eigenvalue weighted by molar-refractivity contribution is 5.53. The number of halogens is 2. The fourth-order valence-corrected chi connectivity index (χ4v) is 1.50. The molecule has 0 bridgehead atoms. The van der Waals surface area contributed by atoms with Crippen molar-refractivity contribution in [3.8, 4) is 11.5 Å². The highest BCUT2D eigenvalue weighted by atomic mass is 19.1. The van der Waals surface area contributed by atoms with E-state index < -0.39 is 11.6 Å². The van der Waals surface area contributed by atoms with E-state index in [2.05, 4.69) is 15.5 Å². The van der Waals surface area contributed by atoms with E-state index in [-0.39, 0.29) is 11.5 Å². The summed E-state index contributed by atoms with van der Waals surface area (Å²) in [4.78, 5) is 0. The average molecular weight is 253 g/mol. The quantitative estimate of drug-likeness (QED) is 0.830. The molecule has 0 aliphatic rings. The number of likely N-dealkylation sites (N-methyl/N-ethyl adjacent to an activating group) is 1. The standard InChI is InChI=1S/C12H13F2N3O/c1-2-15-6-5-11-16-17-12(18-11)9-7-8(13)3-4-10(9)14/h3-4,7,15H,2,5-6H2,1H3. The van der Waals surface area contributed by atoms with E-state index in [1.807, 2.05) is 6.92 Å². The maximum absolute atomic E-state index is 13.5. The molecule has 0 saturated heterocycles. The summed E-state index contributed by atoms with van der Waals surface area (Å²) in [6.45, 7) is 3.53. The lowest BCUT2D eigenvalue weighted by Gasteiger charge is -1.98. The maximum Gasteiger partial charge on any atom is 0.250 e. The molecule has 4 nitrogen and oxygen atoms in total. The second kappa shape index (κ2) is 5.68. The highest BCUT2D eigenvalue weighted by Crippen LogP contribution is 2.22. The van der Waals surface area contributed by atoms with Crippen molar-refractivity contribution in [2.45, 2.75) is 13.3 Å². The normalized spacial score (nSPS) is 10.8. The van der Waals surface area contributed by atoms with Gasteiger partial charge in [0.05, 0.1) is 5.56 Å². The van der Waals surface area contributed by atoms with Gasteiger partial charge in [0.25, 0.3) is 5.89 Å². The maximum atomic E-state index is 13.5. The van der Waals surface area contributed by atoms with Crippen LogP contribution in [0.25, 0.3) is 11.5 Å². The van der Waals surface area contributed by atoms with E-state index in [1.54, 1.807) is 0 Å². The van der Waals surface area contributed by atoms with Gasteiger partial charge in [-0.15, -0.1) is 10.2 Å². The SMILES string of the molecule is CCNCCc1nnc(-c2cc(F)ccc2F)o1.